The number of aryl methyl sites for hydroxylation is 1. The van der Waals surface area contributed by atoms with E-state index in [0.29, 0.717) is 0 Å². The molecular weight excluding hydrogens is 349 g/mol. The first-order chi connectivity index (χ1) is 13.3. The molecule has 4 heteroatoms. The number of aromatic nitrogens is 2. The first-order valence-electron chi connectivity index (χ1n) is 8.87. The molecule has 0 saturated heterocycles. The van der Waals surface area contributed by atoms with Crippen molar-refractivity contribution in [2.24, 2.45) is 4.74 Å². The molecule has 0 aliphatic carbocycles. The molecular formula is C23H20N3P. The quantitative estimate of drug-likeness (QED) is 0.493. The lowest BCUT2D eigenvalue weighted by Gasteiger charge is -2.24. The van der Waals surface area contributed by atoms with Gasteiger partial charge in [0.15, 0.2) is 0 Å². The van der Waals surface area contributed by atoms with Crippen molar-refractivity contribution in [1.82, 2.24) is 9.97 Å². The van der Waals surface area contributed by atoms with Crippen molar-refractivity contribution in [3.8, 4) is 0 Å². The van der Waals surface area contributed by atoms with E-state index >= 15 is 0 Å². The van der Waals surface area contributed by atoms with Crippen LogP contribution in [0.5, 0.6) is 0 Å². The maximum absolute atomic E-state index is 5.33. The lowest BCUT2D eigenvalue weighted by atomic mass is 10.2. The molecule has 0 radical (unpaired) electrons. The van der Waals surface area contributed by atoms with E-state index in [-0.39, 0.29) is 0 Å². The van der Waals surface area contributed by atoms with Gasteiger partial charge in [-0.3, -0.25) is 14.7 Å². The average molecular weight is 369 g/mol. The molecule has 0 aliphatic rings. The Morgan fingerprint density at radius 1 is 0.630 bits per heavy atom. The first kappa shape index (κ1) is 17.4. The largest absolute Gasteiger partial charge is 0.254 e. The summed E-state index contributed by atoms with van der Waals surface area (Å²) in [5.74, 6) is 0. The highest BCUT2D eigenvalue weighted by Crippen LogP contribution is 2.47. The molecule has 0 amide bonds. The number of hydrogen-bond donors (Lipinski definition) is 0. The zero-order valence-electron chi connectivity index (χ0n) is 15.1. The molecule has 2 heterocycles. The van der Waals surface area contributed by atoms with Gasteiger partial charge in [-0.2, -0.15) is 0 Å². The molecule has 27 heavy (non-hydrogen) atoms. The highest BCUT2D eigenvalue weighted by Gasteiger charge is 2.30. The molecule has 0 unspecified atom stereocenters. The minimum absolute atomic E-state index is 0.939. The van der Waals surface area contributed by atoms with Crippen molar-refractivity contribution in [2.75, 3.05) is 0 Å². The second-order valence-corrected chi connectivity index (χ2v) is 9.19. The summed E-state index contributed by atoms with van der Waals surface area (Å²) in [5.41, 5.74) is 4.06. The maximum Gasteiger partial charge on any atom is 0.0963 e. The van der Waals surface area contributed by atoms with E-state index in [1.807, 2.05) is 42.7 Å². The van der Waals surface area contributed by atoms with Gasteiger partial charge in [-0.05, 0) is 43.3 Å². The number of benzene rings is 2. The lowest BCUT2D eigenvalue weighted by molar-refractivity contribution is 1.36. The molecule has 0 bridgehead atoms. The Balaban J connectivity index is 2.11. The summed E-state index contributed by atoms with van der Waals surface area (Å²) in [5, 5.41) is 1.14. The van der Waals surface area contributed by atoms with Crippen LogP contribution in [0.15, 0.2) is 108 Å². The zero-order valence-corrected chi connectivity index (χ0v) is 16.0. The van der Waals surface area contributed by atoms with Crippen LogP contribution >= 0.6 is 7.05 Å². The van der Waals surface area contributed by atoms with Crippen LogP contribution in [0, 0.1) is 6.92 Å². The molecule has 132 valence electrons. The van der Waals surface area contributed by atoms with Crippen LogP contribution in [0.2, 0.25) is 0 Å². The minimum atomic E-state index is -2.39. The molecule has 0 spiro atoms. The zero-order chi connectivity index (χ0) is 18.5. The summed E-state index contributed by atoms with van der Waals surface area (Å²) in [6.07, 6.45) is 3.67. The van der Waals surface area contributed by atoms with E-state index < -0.39 is 7.05 Å². The predicted octanol–water partition coefficient (Wildman–Crippen LogP) is 4.59. The molecule has 0 fully saturated rings. The number of rotatable bonds is 4. The van der Waals surface area contributed by atoms with Crippen molar-refractivity contribution in [3.05, 3.63) is 109 Å². The molecule has 0 atom stereocenters. The van der Waals surface area contributed by atoms with Gasteiger partial charge in [-0.15, -0.1) is 0 Å². The standard InChI is InChI=1S/C23H20N3P/c1-19-13-15-20(16-14-19)26-27(21-9-3-2-4-10-21,22-11-5-7-17-24-22)23-12-6-8-18-25-23/h2-18H,1H3. The third kappa shape index (κ3) is 3.47. The average Bonchev–Trinajstić information content (AvgIpc) is 2.75. The van der Waals surface area contributed by atoms with Gasteiger partial charge in [0.05, 0.1) is 23.6 Å². The van der Waals surface area contributed by atoms with E-state index in [1.54, 1.807) is 0 Å². The summed E-state index contributed by atoms with van der Waals surface area (Å²) in [4.78, 5) is 9.47. The van der Waals surface area contributed by atoms with E-state index in [1.165, 1.54) is 5.56 Å². The summed E-state index contributed by atoms with van der Waals surface area (Å²) in [6.45, 7) is 2.08. The van der Waals surface area contributed by atoms with E-state index in [9.17, 15) is 0 Å². The smallest absolute Gasteiger partial charge is 0.0963 e. The van der Waals surface area contributed by atoms with Gasteiger partial charge in [-0.25, -0.2) is 0 Å². The Morgan fingerprint density at radius 3 is 1.70 bits per heavy atom. The lowest BCUT2D eigenvalue weighted by Crippen LogP contribution is -2.28. The Morgan fingerprint density at radius 2 is 1.19 bits per heavy atom. The van der Waals surface area contributed by atoms with Gasteiger partial charge < -0.3 is 0 Å². The van der Waals surface area contributed by atoms with Crippen LogP contribution in [0.3, 0.4) is 0 Å². The Kier molecular flexibility index (Phi) is 4.95. The molecule has 2 aromatic heterocycles. The van der Waals surface area contributed by atoms with E-state index in [2.05, 4.69) is 67.6 Å². The second kappa shape index (κ2) is 7.69. The van der Waals surface area contributed by atoms with Crippen LogP contribution in [0.4, 0.5) is 5.69 Å². The van der Waals surface area contributed by atoms with Gasteiger partial charge in [0.25, 0.3) is 0 Å². The van der Waals surface area contributed by atoms with Crippen LogP contribution in [-0.4, -0.2) is 9.97 Å². The molecule has 3 nitrogen and oxygen atoms in total. The first-order valence-corrected chi connectivity index (χ1v) is 10.6. The van der Waals surface area contributed by atoms with Crippen molar-refractivity contribution >= 4 is 28.9 Å². The van der Waals surface area contributed by atoms with Crippen LogP contribution in [-0.2, 0) is 0 Å². The summed E-state index contributed by atoms with van der Waals surface area (Å²) < 4.78 is 5.33. The highest BCUT2D eigenvalue weighted by atomic mass is 31.2. The normalized spacial score (nSPS) is 11.1. The van der Waals surface area contributed by atoms with Gasteiger partial charge in [-0.1, -0.05) is 60.2 Å². The fraction of sp³-hybridized carbons (Fsp3) is 0.0435. The third-order valence-corrected chi connectivity index (χ3v) is 7.82. The molecule has 0 saturated carbocycles. The predicted molar refractivity (Wildman–Crippen MR) is 114 cm³/mol. The van der Waals surface area contributed by atoms with E-state index in [0.717, 1.165) is 21.9 Å². The fourth-order valence-electron chi connectivity index (χ4n) is 3.06. The monoisotopic (exact) mass is 369 g/mol. The third-order valence-electron chi connectivity index (χ3n) is 4.39. The molecule has 2 aromatic carbocycles. The SMILES string of the molecule is Cc1ccc(N=P(c2ccccc2)(c2ccccn2)c2ccccn2)cc1. The maximum atomic E-state index is 5.33. The molecule has 4 aromatic rings. The van der Waals surface area contributed by atoms with Gasteiger partial charge in [0, 0.05) is 17.7 Å². The second-order valence-electron chi connectivity index (χ2n) is 6.28. The summed E-state index contributed by atoms with van der Waals surface area (Å²) >= 11 is 0. The Hall–Kier alpha value is -3.03. The Bertz CT molecular complexity index is 957. The van der Waals surface area contributed by atoms with Crippen molar-refractivity contribution in [2.45, 2.75) is 6.92 Å². The van der Waals surface area contributed by atoms with E-state index in [4.69, 9.17) is 14.7 Å². The number of hydrogen-bond acceptors (Lipinski definition) is 3. The van der Waals surface area contributed by atoms with Crippen molar-refractivity contribution in [3.63, 3.8) is 0 Å². The molecule has 4 rings (SSSR count). The highest BCUT2D eigenvalue weighted by molar-refractivity contribution is 7.87. The fourth-order valence-corrected chi connectivity index (χ4v) is 6.30. The number of pyridine rings is 2. The summed E-state index contributed by atoms with van der Waals surface area (Å²) in [6, 6.07) is 30.8. The Labute approximate surface area is 159 Å². The summed E-state index contributed by atoms with van der Waals surface area (Å²) in [7, 11) is -2.39. The van der Waals surface area contributed by atoms with Crippen molar-refractivity contribution in [1.29, 1.82) is 0 Å². The van der Waals surface area contributed by atoms with Gasteiger partial charge >= 0.3 is 0 Å². The van der Waals surface area contributed by atoms with Crippen LogP contribution < -0.4 is 16.2 Å². The minimum Gasteiger partial charge on any atom is -0.254 e. The van der Waals surface area contributed by atoms with Crippen molar-refractivity contribution < 1.29 is 0 Å². The number of nitrogens with zero attached hydrogens (tertiary/aromatic N) is 3. The molecule has 0 N–H and O–H groups in total. The van der Waals surface area contributed by atoms with Gasteiger partial charge in [0.1, 0.15) is 0 Å². The van der Waals surface area contributed by atoms with Gasteiger partial charge in [0.2, 0.25) is 0 Å². The van der Waals surface area contributed by atoms with Crippen LogP contribution in [0.1, 0.15) is 5.56 Å². The molecule has 0 aliphatic heterocycles. The van der Waals surface area contributed by atoms with Crippen LogP contribution in [0.25, 0.3) is 0 Å². The topological polar surface area (TPSA) is 38.1 Å².